The Morgan fingerprint density at radius 2 is 2.00 bits per heavy atom. The third-order valence-corrected chi connectivity index (χ3v) is 2.14. The van der Waals surface area contributed by atoms with Gasteiger partial charge in [0.25, 0.3) is 0 Å². The number of sulfonamides is 1. The monoisotopic (exact) mass is 204 g/mol. The number of rotatable bonds is 2. The molecule has 0 aromatic heterocycles. The van der Waals surface area contributed by atoms with Crippen molar-refractivity contribution in [2.24, 2.45) is 5.14 Å². The van der Waals surface area contributed by atoms with Crippen LogP contribution in [0.3, 0.4) is 0 Å². The quantitative estimate of drug-likeness (QED) is 0.674. The van der Waals surface area contributed by atoms with E-state index in [-0.39, 0.29) is 5.56 Å². The Balaban J connectivity index is 3.08. The molecular formula is C7H9FN2O2S. The molecule has 0 aliphatic rings. The van der Waals surface area contributed by atoms with Gasteiger partial charge in [-0.3, -0.25) is 0 Å². The Bertz CT molecular complexity index is 417. The van der Waals surface area contributed by atoms with Crippen molar-refractivity contribution in [1.82, 2.24) is 0 Å². The molecule has 0 unspecified atom stereocenters. The third-order valence-electron chi connectivity index (χ3n) is 1.43. The topological polar surface area (TPSA) is 86.2 Å². The van der Waals surface area contributed by atoms with Crippen molar-refractivity contribution in [3.63, 3.8) is 0 Å². The first-order valence-corrected chi connectivity index (χ1v) is 5.14. The Kier molecular flexibility index (Phi) is 2.53. The van der Waals surface area contributed by atoms with Crippen LogP contribution in [0.5, 0.6) is 0 Å². The van der Waals surface area contributed by atoms with Crippen LogP contribution in [0, 0.1) is 5.82 Å². The molecule has 0 atom stereocenters. The Morgan fingerprint density at radius 1 is 1.38 bits per heavy atom. The summed E-state index contributed by atoms with van der Waals surface area (Å²) in [4.78, 5) is 0. The van der Waals surface area contributed by atoms with Crippen LogP contribution in [0.25, 0.3) is 0 Å². The predicted molar refractivity (Wildman–Crippen MR) is 47.6 cm³/mol. The molecule has 0 fully saturated rings. The molecular weight excluding hydrogens is 195 g/mol. The molecule has 0 heterocycles. The SMILES string of the molecule is Nc1ccc(F)c(CS(N)(=O)=O)c1. The third kappa shape index (κ3) is 3.00. The highest BCUT2D eigenvalue weighted by Gasteiger charge is 2.09. The van der Waals surface area contributed by atoms with E-state index in [1.807, 2.05) is 0 Å². The van der Waals surface area contributed by atoms with Crippen LogP contribution in [0.1, 0.15) is 5.56 Å². The van der Waals surface area contributed by atoms with E-state index < -0.39 is 21.6 Å². The minimum atomic E-state index is -3.71. The van der Waals surface area contributed by atoms with Gasteiger partial charge in [0.1, 0.15) is 5.82 Å². The number of nitrogen functional groups attached to an aromatic ring is 1. The van der Waals surface area contributed by atoms with E-state index in [0.717, 1.165) is 6.07 Å². The zero-order valence-corrected chi connectivity index (χ0v) is 7.51. The van der Waals surface area contributed by atoms with Crippen LogP contribution >= 0.6 is 0 Å². The largest absolute Gasteiger partial charge is 0.399 e. The summed E-state index contributed by atoms with van der Waals surface area (Å²) in [6.45, 7) is 0. The van der Waals surface area contributed by atoms with E-state index in [2.05, 4.69) is 0 Å². The van der Waals surface area contributed by atoms with Gasteiger partial charge in [-0.05, 0) is 18.2 Å². The van der Waals surface area contributed by atoms with Crippen molar-refractivity contribution < 1.29 is 12.8 Å². The molecule has 4 N–H and O–H groups in total. The maximum atomic E-state index is 12.9. The van der Waals surface area contributed by atoms with Gasteiger partial charge in [-0.25, -0.2) is 17.9 Å². The summed E-state index contributed by atoms with van der Waals surface area (Å²) in [5.41, 5.74) is 5.64. The van der Waals surface area contributed by atoms with Gasteiger partial charge in [0.15, 0.2) is 0 Å². The van der Waals surface area contributed by atoms with E-state index in [1.165, 1.54) is 12.1 Å². The van der Waals surface area contributed by atoms with E-state index in [1.54, 1.807) is 0 Å². The van der Waals surface area contributed by atoms with Crippen LogP contribution in [0.4, 0.5) is 10.1 Å². The minimum absolute atomic E-state index is 0.0116. The summed E-state index contributed by atoms with van der Waals surface area (Å²) < 4.78 is 34.2. The number of benzene rings is 1. The second-order valence-electron chi connectivity index (χ2n) is 2.66. The van der Waals surface area contributed by atoms with Crippen LogP contribution in [-0.2, 0) is 15.8 Å². The maximum absolute atomic E-state index is 12.9. The fourth-order valence-electron chi connectivity index (χ4n) is 0.922. The molecule has 13 heavy (non-hydrogen) atoms. The summed E-state index contributed by atoms with van der Waals surface area (Å²) in [7, 11) is -3.71. The van der Waals surface area contributed by atoms with Gasteiger partial charge in [0.05, 0.1) is 5.75 Å². The normalized spacial score (nSPS) is 11.5. The highest BCUT2D eigenvalue weighted by Crippen LogP contribution is 2.13. The van der Waals surface area contributed by atoms with Gasteiger partial charge in [0, 0.05) is 11.3 Å². The average Bonchev–Trinajstić information content (AvgIpc) is 1.94. The lowest BCUT2D eigenvalue weighted by atomic mass is 10.2. The summed E-state index contributed by atoms with van der Waals surface area (Å²) in [6.07, 6.45) is 0. The summed E-state index contributed by atoms with van der Waals surface area (Å²) in [5, 5.41) is 4.75. The molecule has 0 radical (unpaired) electrons. The Labute approximate surface area is 75.4 Å². The zero-order valence-electron chi connectivity index (χ0n) is 6.70. The lowest BCUT2D eigenvalue weighted by Gasteiger charge is -2.02. The first-order chi connectivity index (χ1) is 5.88. The van der Waals surface area contributed by atoms with Crippen molar-refractivity contribution in [2.75, 3.05) is 5.73 Å². The molecule has 0 aliphatic carbocycles. The summed E-state index contributed by atoms with van der Waals surface area (Å²) >= 11 is 0. The number of primary sulfonamides is 1. The van der Waals surface area contributed by atoms with Gasteiger partial charge in [-0.2, -0.15) is 0 Å². The minimum Gasteiger partial charge on any atom is -0.399 e. The van der Waals surface area contributed by atoms with E-state index >= 15 is 0 Å². The van der Waals surface area contributed by atoms with Gasteiger partial charge in [0.2, 0.25) is 10.0 Å². The molecule has 4 nitrogen and oxygen atoms in total. The van der Waals surface area contributed by atoms with E-state index in [0.29, 0.717) is 5.69 Å². The van der Waals surface area contributed by atoms with Crippen molar-refractivity contribution in [3.05, 3.63) is 29.6 Å². The fourth-order valence-corrected chi connectivity index (χ4v) is 1.58. The maximum Gasteiger partial charge on any atom is 0.213 e. The molecule has 0 saturated carbocycles. The number of anilines is 1. The molecule has 0 amide bonds. The first-order valence-electron chi connectivity index (χ1n) is 3.43. The van der Waals surface area contributed by atoms with Crippen LogP contribution < -0.4 is 10.9 Å². The molecule has 0 aliphatic heterocycles. The van der Waals surface area contributed by atoms with Crippen molar-refractivity contribution in [3.8, 4) is 0 Å². The van der Waals surface area contributed by atoms with Gasteiger partial charge in [-0.15, -0.1) is 0 Å². The van der Waals surface area contributed by atoms with E-state index in [9.17, 15) is 12.8 Å². The first kappa shape index (κ1) is 9.94. The number of hydrogen-bond donors (Lipinski definition) is 2. The molecule has 1 aromatic carbocycles. The number of halogens is 1. The molecule has 0 spiro atoms. The molecule has 0 saturated heterocycles. The Morgan fingerprint density at radius 3 is 2.54 bits per heavy atom. The zero-order chi connectivity index (χ0) is 10.1. The predicted octanol–water partition coefficient (Wildman–Crippen LogP) is 0.196. The van der Waals surface area contributed by atoms with Gasteiger partial charge in [-0.1, -0.05) is 0 Å². The van der Waals surface area contributed by atoms with Gasteiger partial charge >= 0.3 is 0 Å². The van der Waals surface area contributed by atoms with Crippen molar-refractivity contribution >= 4 is 15.7 Å². The molecule has 6 heteroatoms. The van der Waals surface area contributed by atoms with Crippen LogP contribution in [0.2, 0.25) is 0 Å². The Hall–Kier alpha value is -1.14. The molecule has 1 rings (SSSR count). The second-order valence-corrected chi connectivity index (χ2v) is 4.27. The highest BCUT2D eigenvalue weighted by atomic mass is 32.2. The lowest BCUT2D eigenvalue weighted by Crippen LogP contribution is -2.15. The summed E-state index contributed by atoms with van der Waals surface area (Å²) in [5.74, 6) is -1.16. The number of nitrogens with two attached hydrogens (primary N) is 2. The van der Waals surface area contributed by atoms with Gasteiger partial charge < -0.3 is 5.73 Å². The number of hydrogen-bond acceptors (Lipinski definition) is 3. The standard InChI is InChI=1S/C7H9FN2O2S/c8-7-2-1-6(9)3-5(7)4-13(10,11)12/h1-3H,4,9H2,(H2,10,11,12). The second kappa shape index (κ2) is 3.31. The summed E-state index contributed by atoms with van der Waals surface area (Å²) in [6, 6.07) is 3.71. The molecule has 0 bridgehead atoms. The fraction of sp³-hybridized carbons (Fsp3) is 0.143. The van der Waals surface area contributed by atoms with Crippen LogP contribution in [0.15, 0.2) is 18.2 Å². The smallest absolute Gasteiger partial charge is 0.213 e. The lowest BCUT2D eigenvalue weighted by molar-refractivity contribution is 0.588. The van der Waals surface area contributed by atoms with Crippen molar-refractivity contribution in [2.45, 2.75) is 5.75 Å². The average molecular weight is 204 g/mol. The molecule has 1 aromatic rings. The van der Waals surface area contributed by atoms with E-state index in [4.69, 9.17) is 10.9 Å². The van der Waals surface area contributed by atoms with Crippen molar-refractivity contribution in [1.29, 1.82) is 0 Å². The molecule has 72 valence electrons. The van der Waals surface area contributed by atoms with Crippen LogP contribution in [-0.4, -0.2) is 8.42 Å². The highest BCUT2D eigenvalue weighted by molar-refractivity contribution is 7.88.